The van der Waals surface area contributed by atoms with Gasteiger partial charge in [-0.3, -0.25) is 4.79 Å². The largest absolute Gasteiger partial charge is 0.339 e. The lowest BCUT2D eigenvalue weighted by molar-refractivity contribution is -0.130. The van der Waals surface area contributed by atoms with Crippen molar-refractivity contribution in [2.45, 2.75) is 0 Å². The number of carbonyl (C=O) groups is 1. The van der Waals surface area contributed by atoms with Crippen molar-refractivity contribution >= 4 is 22.9 Å². The highest BCUT2D eigenvalue weighted by molar-refractivity contribution is 5.81. The molecule has 1 aliphatic heterocycles. The minimum atomic E-state index is 0.0933. The average Bonchev–Trinajstić information content (AvgIpc) is 2.55. The minimum Gasteiger partial charge on any atom is -0.339 e. The highest BCUT2D eigenvalue weighted by atomic mass is 16.2. The maximum atomic E-state index is 12.2. The molecular formula is C14H18N6O. The molecule has 1 amide bonds. The quantitative estimate of drug-likeness (QED) is 0.849. The van der Waals surface area contributed by atoms with E-state index in [2.05, 4.69) is 20.5 Å². The molecule has 0 bridgehead atoms. The number of likely N-dealkylation sites (N-methyl/N-ethyl adjacent to an activating group) is 1. The summed E-state index contributed by atoms with van der Waals surface area (Å²) in [6, 6.07) is 7.56. The number of nitrogens with zero attached hydrogens (tertiary/aromatic N) is 5. The van der Waals surface area contributed by atoms with Gasteiger partial charge in [-0.15, -0.1) is 10.2 Å². The second-order valence-corrected chi connectivity index (χ2v) is 5.09. The smallest absolute Gasteiger partial charge is 0.246 e. The van der Waals surface area contributed by atoms with Crippen molar-refractivity contribution in [1.82, 2.24) is 25.4 Å². The van der Waals surface area contributed by atoms with Crippen molar-refractivity contribution in [3.63, 3.8) is 0 Å². The molecule has 0 saturated carbocycles. The third-order valence-corrected chi connectivity index (χ3v) is 3.53. The van der Waals surface area contributed by atoms with Gasteiger partial charge < -0.3 is 15.1 Å². The molecule has 0 unspecified atom stereocenters. The normalized spacial score (nSPS) is 15.2. The van der Waals surface area contributed by atoms with Crippen LogP contribution < -0.4 is 10.2 Å². The summed E-state index contributed by atoms with van der Waals surface area (Å²) in [5.41, 5.74) is 1.53. The van der Waals surface area contributed by atoms with Crippen LogP contribution in [-0.4, -0.2) is 65.8 Å². The fourth-order valence-electron chi connectivity index (χ4n) is 2.32. The number of amides is 1. The van der Waals surface area contributed by atoms with Gasteiger partial charge in [0.25, 0.3) is 0 Å². The number of aromatic nitrogens is 3. The molecule has 1 aromatic heterocycles. The molecule has 2 aromatic rings. The predicted octanol–water partition coefficient (Wildman–Crippen LogP) is -0.107. The van der Waals surface area contributed by atoms with Gasteiger partial charge in [-0.25, -0.2) is 4.98 Å². The van der Waals surface area contributed by atoms with E-state index in [9.17, 15) is 4.79 Å². The van der Waals surface area contributed by atoms with E-state index in [0.29, 0.717) is 5.95 Å². The van der Waals surface area contributed by atoms with E-state index in [4.69, 9.17) is 0 Å². The minimum absolute atomic E-state index is 0.0933. The van der Waals surface area contributed by atoms with Crippen LogP contribution in [0.15, 0.2) is 24.3 Å². The van der Waals surface area contributed by atoms with Gasteiger partial charge in [0.05, 0.1) is 12.1 Å². The maximum Gasteiger partial charge on any atom is 0.246 e. The van der Waals surface area contributed by atoms with Crippen LogP contribution >= 0.6 is 0 Å². The third-order valence-electron chi connectivity index (χ3n) is 3.53. The van der Waals surface area contributed by atoms with Crippen molar-refractivity contribution in [3.8, 4) is 0 Å². The molecule has 110 valence electrons. The predicted molar refractivity (Wildman–Crippen MR) is 80.1 cm³/mol. The summed E-state index contributed by atoms with van der Waals surface area (Å²) in [4.78, 5) is 20.3. The molecule has 1 aromatic carbocycles. The summed E-state index contributed by atoms with van der Waals surface area (Å²) < 4.78 is 0. The molecule has 0 radical (unpaired) electrons. The number of fused-ring (bicyclic) bond motifs is 1. The summed E-state index contributed by atoms with van der Waals surface area (Å²) in [5.74, 6) is 0.563. The highest BCUT2D eigenvalue weighted by Crippen LogP contribution is 2.11. The number of hydrogen-bond acceptors (Lipinski definition) is 6. The fraction of sp³-hybridized carbons (Fsp3) is 0.429. The number of anilines is 1. The molecule has 2 heterocycles. The third kappa shape index (κ3) is 3.08. The van der Waals surface area contributed by atoms with Gasteiger partial charge >= 0.3 is 0 Å². The second-order valence-electron chi connectivity index (χ2n) is 5.09. The van der Waals surface area contributed by atoms with E-state index in [1.165, 1.54) is 0 Å². The van der Waals surface area contributed by atoms with Gasteiger partial charge in [-0.05, 0) is 12.1 Å². The van der Waals surface area contributed by atoms with Crippen LogP contribution in [0.5, 0.6) is 0 Å². The SMILES string of the molecule is CN(CC(=O)N1CCNCC1)c1nnc2ccccc2n1. The fourth-order valence-corrected chi connectivity index (χ4v) is 2.32. The van der Waals surface area contributed by atoms with Crippen LogP contribution in [0.4, 0.5) is 5.95 Å². The standard InChI is InChI=1S/C14H18N6O/c1-19(10-13(21)20-8-6-15-7-9-20)14-16-11-4-2-3-5-12(11)17-18-14/h2-5,15H,6-10H2,1H3. The van der Waals surface area contributed by atoms with Gasteiger partial charge in [-0.2, -0.15) is 0 Å². The first-order chi connectivity index (χ1) is 10.2. The Hall–Kier alpha value is -2.28. The van der Waals surface area contributed by atoms with Crippen LogP contribution in [0.3, 0.4) is 0 Å². The van der Waals surface area contributed by atoms with E-state index in [0.717, 1.165) is 37.2 Å². The van der Waals surface area contributed by atoms with Crippen molar-refractivity contribution in [1.29, 1.82) is 0 Å². The zero-order chi connectivity index (χ0) is 14.7. The van der Waals surface area contributed by atoms with Crippen molar-refractivity contribution in [3.05, 3.63) is 24.3 Å². The van der Waals surface area contributed by atoms with Crippen LogP contribution in [0.1, 0.15) is 0 Å². The lowest BCUT2D eigenvalue weighted by Crippen LogP contribution is -2.49. The molecule has 0 atom stereocenters. The Kier molecular flexibility index (Phi) is 3.92. The number of carbonyl (C=O) groups excluding carboxylic acids is 1. The summed E-state index contributed by atoms with van der Waals surface area (Å²) in [6.45, 7) is 3.47. The number of rotatable bonds is 3. The molecule has 1 fully saturated rings. The number of para-hydroxylation sites is 1. The maximum absolute atomic E-state index is 12.2. The Bertz CT molecular complexity index is 640. The van der Waals surface area contributed by atoms with Crippen LogP contribution in [0.2, 0.25) is 0 Å². The number of piperazine rings is 1. The van der Waals surface area contributed by atoms with E-state index >= 15 is 0 Å². The van der Waals surface area contributed by atoms with Crippen LogP contribution in [-0.2, 0) is 4.79 Å². The molecule has 1 N–H and O–H groups in total. The molecular weight excluding hydrogens is 268 g/mol. The first kappa shape index (κ1) is 13.7. The number of benzene rings is 1. The molecule has 7 nitrogen and oxygen atoms in total. The van der Waals surface area contributed by atoms with Crippen molar-refractivity contribution in [2.24, 2.45) is 0 Å². The summed E-state index contributed by atoms with van der Waals surface area (Å²) in [6.07, 6.45) is 0. The van der Waals surface area contributed by atoms with E-state index in [-0.39, 0.29) is 12.5 Å². The lowest BCUT2D eigenvalue weighted by Gasteiger charge is -2.29. The van der Waals surface area contributed by atoms with E-state index < -0.39 is 0 Å². The Labute approximate surface area is 123 Å². The number of nitrogens with one attached hydrogen (secondary N) is 1. The Balaban J connectivity index is 1.71. The zero-order valence-corrected chi connectivity index (χ0v) is 12.0. The Morgan fingerprint density at radius 3 is 2.71 bits per heavy atom. The monoisotopic (exact) mass is 286 g/mol. The van der Waals surface area contributed by atoms with Gasteiger partial charge in [0.2, 0.25) is 11.9 Å². The molecule has 1 saturated heterocycles. The first-order valence-electron chi connectivity index (χ1n) is 7.03. The summed E-state index contributed by atoms with van der Waals surface area (Å²) in [5, 5.41) is 11.5. The van der Waals surface area contributed by atoms with Crippen LogP contribution in [0.25, 0.3) is 11.0 Å². The topological polar surface area (TPSA) is 74.2 Å². The molecule has 7 heteroatoms. The van der Waals surface area contributed by atoms with E-state index in [1.54, 1.807) is 4.90 Å². The van der Waals surface area contributed by atoms with Gasteiger partial charge in [0.15, 0.2) is 0 Å². The van der Waals surface area contributed by atoms with Gasteiger partial charge in [-0.1, -0.05) is 12.1 Å². The van der Waals surface area contributed by atoms with Crippen LogP contribution in [0, 0.1) is 0 Å². The molecule has 0 aliphatic carbocycles. The highest BCUT2D eigenvalue weighted by Gasteiger charge is 2.19. The molecule has 1 aliphatic rings. The number of hydrogen-bond donors (Lipinski definition) is 1. The molecule has 21 heavy (non-hydrogen) atoms. The van der Waals surface area contributed by atoms with Gasteiger partial charge in [0.1, 0.15) is 5.52 Å². The Morgan fingerprint density at radius 2 is 1.95 bits per heavy atom. The zero-order valence-electron chi connectivity index (χ0n) is 12.0. The van der Waals surface area contributed by atoms with Crippen molar-refractivity contribution in [2.75, 3.05) is 44.7 Å². The second kappa shape index (κ2) is 6.01. The van der Waals surface area contributed by atoms with E-state index in [1.807, 2.05) is 36.2 Å². The molecule has 3 rings (SSSR count). The summed E-state index contributed by atoms with van der Waals surface area (Å²) in [7, 11) is 1.81. The lowest BCUT2D eigenvalue weighted by atomic mass is 10.3. The Morgan fingerprint density at radius 1 is 1.24 bits per heavy atom. The molecule has 0 spiro atoms. The van der Waals surface area contributed by atoms with Crippen molar-refractivity contribution < 1.29 is 4.79 Å². The first-order valence-corrected chi connectivity index (χ1v) is 7.03. The summed E-state index contributed by atoms with van der Waals surface area (Å²) >= 11 is 0. The average molecular weight is 286 g/mol. The van der Waals surface area contributed by atoms with Gasteiger partial charge in [0, 0.05) is 33.2 Å².